The molecule has 0 radical (unpaired) electrons. The van der Waals surface area contributed by atoms with E-state index in [-0.39, 0.29) is 17.4 Å². The van der Waals surface area contributed by atoms with Crippen molar-refractivity contribution in [2.45, 2.75) is 26.7 Å². The van der Waals surface area contributed by atoms with Gasteiger partial charge in [-0.05, 0) is 18.6 Å². The molecule has 112 valence electrons. The second-order valence-electron chi connectivity index (χ2n) is 4.97. The molecule has 0 aliphatic heterocycles. The number of aryl methyl sites for hydroxylation is 1. The van der Waals surface area contributed by atoms with E-state index in [2.05, 4.69) is 20.7 Å². The SMILES string of the molecule is Cc1ccc(F)c(Nc2cc(NN)nc(C(C)C)n2)c1F. The fraction of sp³-hybridized carbons (Fsp3) is 0.286. The molecule has 1 aromatic heterocycles. The Balaban J connectivity index is 2.44. The normalized spacial score (nSPS) is 10.8. The monoisotopic (exact) mass is 293 g/mol. The summed E-state index contributed by atoms with van der Waals surface area (Å²) in [6.45, 7) is 5.38. The number of halogens is 2. The highest BCUT2D eigenvalue weighted by Gasteiger charge is 2.14. The van der Waals surface area contributed by atoms with Crippen LogP contribution in [0.2, 0.25) is 0 Å². The highest BCUT2D eigenvalue weighted by molar-refractivity contribution is 5.61. The molecule has 0 saturated carbocycles. The second kappa shape index (κ2) is 6.01. The average molecular weight is 293 g/mol. The predicted octanol–water partition coefficient (Wildman–Crippen LogP) is 3.22. The lowest BCUT2D eigenvalue weighted by atomic mass is 10.2. The van der Waals surface area contributed by atoms with E-state index < -0.39 is 11.6 Å². The van der Waals surface area contributed by atoms with Crippen LogP contribution < -0.4 is 16.6 Å². The number of nitrogens with one attached hydrogen (secondary N) is 2. The van der Waals surface area contributed by atoms with Crippen LogP contribution in [0.3, 0.4) is 0 Å². The zero-order chi connectivity index (χ0) is 15.6. The van der Waals surface area contributed by atoms with Gasteiger partial charge in [0.05, 0.1) is 0 Å². The van der Waals surface area contributed by atoms with Crippen molar-refractivity contribution in [1.82, 2.24) is 9.97 Å². The maximum Gasteiger partial charge on any atom is 0.152 e. The minimum atomic E-state index is -0.690. The average Bonchev–Trinajstić information content (AvgIpc) is 2.47. The van der Waals surface area contributed by atoms with Crippen molar-refractivity contribution in [3.05, 3.63) is 41.2 Å². The van der Waals surface area contributed by atoms with E-state index in [1.54, 1.807) is 6.92 Å². The molecule has 0 atom stereocenters. The van der Waals surface area contributed by atoms with Crippen LogP contribution in [0.25, 0.3) is 0 Å². The quantitative estimate of drug-likeness (QED) is 0.596. The van der Waals surface area contributed by atoms with Gasteiger partial charge in [0.1, 0.15) is 29.0 Å². The standard InChI is InChI=1S/C14H17F2N5/c1-7(2)14-19-10(6-11(20-14)21-17)18-13-9(15)5-4-8(3)12(13)16/h4-7H,17H2,1-3H3,(H2,18,19,20,21). The van der Waals surface area contributed by atoms with Crippen molar-refractivity contribution in [2.75, 3.05) is 10.7 Å². The lowest BCUT2D eigenvalue weighted by Crippen LogP contribution is -2.12. The van der Waals surface area contributed by atoms with Crippen molar-refractivity contribution >= 4 is 17.3 Å². The van der Waals surface area contributed by atoms with Gasteiger partial charge in [-0.1, -0.05) is 19.9 Å². The molecule has 0 spiro atoms. The lowest BCUT2D eigenvalue weighted by molar-refractivity contribution is 0.584. The van der Waals surface area contributed by atoms with E-state index in [4.69, 9.17) is 5.84 Å². The van der Waals surface area contributed by atoms with E-state index >= 15 is 0 Å². The number of rotatable bonds is 4. The minimum absolute atomic E-state index is 0.0473. The first-order chi connectivity index (χ1) is 9.92. The molecule has 1 heterocycles. The molecule has 7 heteroatoms. The van der Waals surface area contributed by atoms with E-state index in [0.717, 1.165) is 0 Å². The Morgan fingerprint density at radius 3 is 2.43 bits per heavy atom. The number of anilines is 3. The van der Waals surface area contributed by atoms with Gasteiger partial charge in [-0.25, -0.2) is 24.6 Å². The van der Waals surface area contributed by atoms with E-state index in [1.165, 1.54) is 18.2 Å². The van der Waals surface area contributed by atoms with Gasteiger partial charge in [0.2, 0.25) is 0 Å². The van der Waals surface area contributed by atoms with Crippen LogP contribution in [0.5, 0.6) is 0 Å². The zero-order valence-corrected chi connectivity index (χ0v) is 12.0. The molecule has 1 aromatic carbocycles. The third-order valence-corrected chi connectivity index (χ3v) is 2.94. The van der Waals surface area contributed by atoms with E-state index in [9.17, 15) is 8.78 Å². The number of aromatic nitrogens is 2. The molecule has 0 unspecified atom stereocenters. The number of hydrogen-bond donors (Lipinski definition) is 3. The van der Waals surface area contributed by atoms with Gasteiger partial charge in [-0.15, -0.1) is 0 Å². The van der Waals surface area contributed by atoms with Crippen LogP contribution in [0, 0.1) is 18.6 Å². The number of benzene rings is 1. The second-order valence-corrected chi connectivity index (χ2v) is 4.97. The molecule has 0 aliphatic carbocycles. The van der Waals surface area contributed by atoms with Gasteiger partial charge in [0.15, 0.2) is 5.82 Å². The van der Waals surface area contributed by atoms with Crippen molar-refractivity contribution in [3.8, 4) is 0 Å². The number of nitrogen functional groups attached to an aromatic ring is 1. The largest absolute Gasteiger partial charge is 0.335 e. The van der Waals surface area contributed by atoms with E-state index in [0.29, 0.717) is 17.2 Å². The molecule has 21 heavy (non-hydrogen) atoms. The Hall–Kier alpha value is -2.28. The van der Waals surface area contributed by atoms with Gasteiger partial charge in [-0.3, -0.25) is 0 Å². The summed E-state index contributed by atoms with van der Waals surface area (Å²) in [5, 5.41) is 2.65. The number of nitrogens with two attached hydrogens (primary N) is 1. The molecule has 2 aromatic rings. The summed E-state index contributed by atoms with van der Waals surface area (Å²) >= 11 is 0. The fourth-order valence-electron chi connectivity index (χ4n) is 1.76. The Morgan fingerprint density at radius 2 is 1.81 bits per heavy atom. The highest BCUT2D eigenvalue weighted by Crippen LogP contribution is 2.26. The summed E-state index contributed by atoms with van der Waals surface area (Å²) in [4.78, 5) is 8.42. The maximum absolute atomic E-state index is 14.0. The van der Waals surface area contributed by atoms with Gasteiger partial charge in [-0.2, -0.15) is 0 Å². The maximum atomic E-state index is 14.0. The fourth-order valence-corrected chi connectivity index (χ4v) is 1.76. The van der Waals surface area contributed by atoms with Crippen LogP contribution in [0.15, 0.2) is 18.2 Å². The summed E-state index contributed by atoms with van der Waals surface area (Å²) < 4.78 is 27.8. The van der Waals surface area contributed by atoms with Crippen LogP contribution >= 0.6 is 0 Å². The third-order valence-electron chi connectivity index (χ3n) is 2.94. The summed E-state index contributed by atoms with van der Waals surface area (Å²) in [5.74, 6) is 5.20. The molecule has 5 nitrogen and oxygen atoms in total. The Morgan fingerprint density at radius 1 is 1.14 bits per heavy atom. The molecule has 4 N–H and O–H groups in total. The molecule has 0 fully saturated rings. The van der Waals surface area contributed by atoms with Gasteiger partial charge in [0, 0.05) is 12.0 Å². The summed E-state index contributed by atoms with van der Waals surface area (Å²) in [7, 11) is 0. The Kier molecular flexibility index (Phi) is 4.32. The highest BCUT2D eigenvalue weighted by atomic mass is 19.1. The first kappa shape index (κ1) is 15.1. The Bertz CT molecular complexity index is 658. The lowest BCUT2D eigenvalue weighted by Gasteiger charge is -2.13. The van der Waals surface area contributed by atoms with Crippen molar-refractivity contribution in [2.24, 2.45) is 5.84 Å². The minimum Gasteiger partial charge on any atom is -0.335 e. The van der Waals surface area contributed by atoms with Crippen LogP contribution in [-0.4, -0.2) is 9.97 Å². The summed E-state index contributed by atoms with van der Waals surface area (Å²) in [6.07, 6.45) is 0. The van der Waals surface area contributed by atoms with Crippen molar-refractivity contribution < 1.29 is 8.78 Å². The molecule has 2 rings (SSSR count). The molecule has 0 amide bonds. The third kappa shape index (κ3) is 3.25. The Labute approximate surface area is 121 Å². The van der Waals surface area contributed by atoms with Crippen LogP contribution in [0.1, 0.15) is 31.2 Å². The number of hydrogen-bond acceptors (Lipinski definition) is 5. The first-order valence-electron chi connectivity index (χ1n) is 6.49. The summed E-state index contributed by atoms with van der Waals surface area (Å²) in [5.41, 5.74) is 2.51. The van der Waals surface area contributed by atoms with E-state index in [1.807, 2.05) is 13.8 Å². The van der Waals surface area contributed by atoms with Gasteiger partial charge < -0.3 is 10.7 Å². The topological polar surface area (TPSA) is 75.9 Å². The van der Waals surface area contributed by atoms with Crippen molar-refractivity contribution in [3.63, 3.8) is 0 Å². The smallest absolute Gasteiger partial charge is 0.152 e. The zero-order valence-electron chi connectivity index (χ0n) is 12.0. The number of nitrogens with zero attached hydrogens (tertiary/aromatic N) is 2. The molecule has 0 saturated heterocycles. The van der Waals surface area contributed by atoms with Crippen LogP contribution in [-0.2, 0) is 0 Å². The molecular formula is C14H17F2N5. The number of hydrazine groups is 1. The predicted molar refractivity (Wildman–Crippen MR) is 78.3 cm³/mol. The van der Waals surface area contributed by atoms with Gasteiger partial charge in [0.25, 0.3) is 0 Å². The summed E-state index contributed by atoms with van der Waals surface area (Å²) in [6, 6.07) is 4.06. The van der Waals surface area contributed by atoms with Crippen LogP contribution in [0.4, 0.5) is 26.1 Å². The molecular weight excluding hydrogens is 276 g/mol. The molecule has 0 bridgehead atoms. The van der Waals surface area contributed by atoms with Crippen molar-refractivity contribution in [1.29, 1.82) is 0 Å². The van der Waals surface area contributed by atoms with Gasteiger partial charge >= 0.3 is 0 Å². The molecule has 0 aliphatic rings. The first-order valence-corrected chi connectivity index (χ1v) is 6.49.